The van der Waals surface area contributed by atoms with Gasteiger partial charge in [0.1, 0.15) is 0 Å². The molecule has 1 heterocycles. The summed E-state index contributed by atoms with van der Waals surface area (Å²) in [5.41, 5.74) is 2.79. The first-order valence-electron chi connectivity index (χ1n) is 8.50. The summed E-state index contributed by atoms with van der Waals surface area (Å²) in [6.45, 7) is 3.77. The number of aromatic nitrogens is 3. The van der Waals surface area contributed by atoms with Gasteiger partial charge in [0.15, 0.2) is 5.69 Å². The minimum Gasteiger partial charge on any atom is -0.481 e. The van der Waals surface area contributed by atoms with E-state index in [1.165, 1.54) is 0 Å². The van der Waals surface area contributed by atoms with E-state index in [1.54, 1.807) is 11.6 Å². The van der Waals surface area contributed by atoms with Gasteiger partial charge in [0, 0.05) is 6.04 Å². The number of aryl methyl sites for hydroxylation is 1. The number of nitrogens with one attached hydrogen (secondary N) is 1. The fraction of sp³-hybridized carbons (Fsp3) is 0.444. The standard InChI is InChI=1S/C18H22N4O3/c1-11-6-5-7-13(10-11)22-12(2)16(20-21-22)17(23)19-15-9-4-3-8-14(15)18(24)25/h5-7,10,14-15H,3-4,8-9H2,1-2H3,(H,19,23)(H,24,25)/t14-,15+/m0/s1. The molecule has 1 aromatic carbocycles. The molecule has 0 bridgehead atoms. The van der Waals surface area contributed by atoms with E-state index >= 15 is 0 Å². The second-order valence-electron chi connectivity index (χ2n) is 6.58. The number of aliphatic carboxylic acids is 1. The SMILES string of the molecule is Cc1cccc(-n2nnc(C(=O)N[C@@H]3CCCC[C@@H]3C(=O)O)c2C)c1. The number of benzene rings is 1. The maximum Gasteiger partial charge on any atom is 0.308 e. The van der Waals surface area contributed by atoms with E-state index in [-0.39, 0.29) is 17.6 Å². The van der Waals surface area contributed by atoms with Crippen LogP contribution in [0.4, 0.5) is 0 Å². The van der Waals surface area contributed by atoms with Crippen molar-refractivity contribution in [1.82, 2.24) is 20.3 Å². The number of carbonyl (C=O) groups excluding carboxylic acids is 1. The number of carboxylic acids is 1. The van der Waals surface area contributed by atoms with E-state index in [4.69, 9.17) is 0 Å². The highest BCUT2D eigenvalue weighted by Crippen LogP contribution is 2.25. The minimum atomic E-state index is -0.856. The van der Waals surface area contributed by atoms with Gasteiger partial charge in [0.05, 0.1) is 17.3 Å². The van der Waals surface area contributed by atoms with E-state index < -0.39 is 11.9 Å². The monoisotopic (exact) mass is 342 g/mol. The van der Waals surface area contributed by atoms with Crippen LogP contribution in [0.3, 0.4) is 0 Å². The smallest absolute Gasteiger partial charge is 0.308 e. The predicted octanol–water partition coefficient (Wildman–Crippen LogP) is 2.26. The number of hydrogen-bond acceptors (Lipinski definition) is 4. The van der Waals surface area contributed by atoms with Crippen molar-refractivity contribution in [2.45, 2.75) is 45.6 Å². The Balaban J connectivity index is 1.80. The molecule has 2 aromatic rings. The number of amides is 1. The van der Waals surface area contributed by atoms with Gasteiger partial charge in [0.25, 0.3) is 5.91 Å². The predicted molar refractivity (Wildman–Crippen MR) is 91.7 cm³/mol. The fourth-order valence-corrected chi connectivity index (χ4v) is 3.38. The molecule has 25 heavy (non-hydrogen) atoms. The zero-order chi connectivity index (χ0) is 18.0. The van der Waals surface area contributed by atoms with Gasteiger partial charge in [0.2, 0.25) is 0 Å². The third-order valence-corrected chi connectivity index (χ3v) is 4.76. The van der Waals surface area contributed by atoms with Gasteiger partial charge in [-0.05, 0) is 44.4 Å². The Morgan fingerprint density at radius 1 is 1.24 bits per heavy atom. The van der Waals surface area contributed by atoms with Gasteiger partial charge in [-0.25, -0.2) is 4.68 Å². The summed E-state index contributed by atoms with van der Waals surface area (Å²) >= 11 is 0. The molecule has 2 atom stereocenters. The third kappa shape index (κ3) is 3.55. The summed E-state index contributed by atoms with van der Waals surface area (Å²) in [4.78, 5) is 24.0. The zero-order valence-electron chi connectivity index (χ0n) is 14.4. The van der Waals surface area contributed by atoms with Crippen molar-refractivity contribution in [3.05, 3.63) is 41.2 Å². The van der Waals surface area contributed by atoms with Gasteiger partial charge >= 0.3 is 5.97 Å². The van der Waals surface area contributed by atoms with Crippen molar-refractivity contribution in [2.75, 3.05) is 0 Å². The van der Waals surface area contributed by atoms with Crippen LogP contribution >= 0.6 is 0 Å². The molecule has 7 heteroatoms. The number of hydrogen-bond donors (Lipinski definition) is 2. The van der Waals surface area contributed by atoms with E-state index in [9.17, 15) is 14.7 Å². The lowest BCUT2D eigenvalue weighted by Gasteiger charge is -2.28. The normalized spacial score (nSPS) is 20.2. The van der Waals surface area contributed by atoms with Crippen molar-refractivity contribution in [2.24, 2.45) is 5.92 Å². The van der Waals surface area contributed by atoms with Crippen molar-refractivity contribution in [3.63, 3.8) is 0 Å². The number of nitrogens with zero attached hydrogens (tertiary/aromatic N) is 3. The lowest BCUT2D eigenvalue weighted by atomic mass is 9.84. The van der Waals surface area contributed by atoms with Gasteiger partial charge in [-0.1, -0.05) is 30.2 Å². The van der Waals surface area contributed by atoms with Crippen LogP contribution in [0.1, 0.15) is 47.4 Å². The molecule has 0 radical (unpaired) electrons. The van der Waals surface area contributed by atoms with Crippen LogP contribution in [0.25, 0.3) is 5.69 Å². The second-order valence-corrected chi connectivity index (χ2v) is 6.58. The Bertz CT molecular complexity index is 799. The van der Waals surface area contributed by atoms with Gasteiger partial charge in [-0.15, -0.1) is 5.10 Å². The molecule has 0 unspecified atom stereocenters. The molecule has 1 fully saturated rings. The highest BCUT2D eigenvalue weighted by atomic mass is 16.4. The zero-order valence-corrected chi connectivity index (χ0v) is 14.4. The summed E-state index contributed by atoms with van der Waals surface area (Å²) in [5, 5.41) is 20.3. The molecule has 1 amide bonds. The molecule has 3 rings (SSSR count). The molecule has 0 aliphatic heterocycles. The summed E-state index contributed by atoms with van der Waals surface area (Å²) in [6, 6.07) is 7.41. The first-order chi connectivity index (χ1) is 12.0. The lowest BCUT2D eigenvalue weighted by molar-refractivity contribution is -0.143. The van der Waals surface area contributed by atoms with Crippen LogP contribution in [-0.4, -0.2) is 38.0 Å². The first-order valence-corrected chi connectivity index (χ1v) is 8.50. The first kappa shape index (κ1) is 17.1. The second kappa shape index (κ2) is 7.04. The molecule has 1 aromatic heterocycles. The Morgan fingerprint density at radius 3 is 2.72 bits per heavy atom. The van der Waals surface area contributed by atoms with Crippen LogP contribution in [0.5, 0.6) is 0 Å². The Labute approximate surface area is 146 Å². The summed E-state index contributed by atoms with van der Waals surface area (Å²) in [7, 11) is 0. The van der Waals surface area contributed by atoms with E-state index in [0.717, 1.165) is 24.1 Å². The molecule has 0 spiro atoms. The highest BCUT2D eigenvalue weighted by molar-refractivity contribution is 5.93. The van der Waals surface area contributed by atoms with Crippen LogP contribution < -0.4 is 5.32 Å². The molecular weight excluding hydrogens is 320 g/mol. The summed E-state index contributed by atoms with van der Waals surface area (Å²) in [5.74, 6) is -1.76. The third-order valence-electron chi connectivity index (χ3n) is 4.76. The van der Waals surface area contributed by atoms with E-state index in [0.29, 0.717) is 18.5 Å². The highest BCUT2D eigenvalue weighted by Gasteiger charge is 2.33. The fourth-order valence-electron chi connectivity index (χ4n) is 3.38. The molecule has 1 aliphatic carbocycles. The van der Waals surface area contributed by atoms with E-state index in [1.807, 2.05) is 31.2 Å². The topological polar surface area (TPSA) is 97.1 Å². The average Bonchev–Trinajstić information content (AvgIpc) is 2.97. The number of carbonyl (C=O) groups is 2. The lowest BCUT2D eigenvalue weighted by Crippen LogP contribution is -2.45. The van der Waals surface area contributed by atoms with Gasteiger partial charge in [-0.3, -0.25) is 9.59 Å². The van der Waals surface area contributed by atoms with Gasteiger partial charge in [-0.2, -0.15) is 0 Å². The van der Waals surface area contributed by atoms with Gasteiger partial charge < -0.3 is 10.4 Å². The van der Waals surface area contributed by atoms with Crippen molar-refractivity contribution >= 4 is 11.9 Å². The van der Waals surface area contributed by atoms with Crippen LogP contribution in [0, 0.1) is 19.8 Å². The van der Waals surface area contributed by atoms with Crippen molar-refractivity contribution in [3.8, 4) is 5.69 Å². The maximum absolute atomic E-state index is 12.6. The summed E-state index contributed by atoms with van der Waals surface area (Å²) < 4.78 is 1.62. The van der Waals surface area contributed by atoms with Crippen LogP contribution in [0.2, 0.25) is 0 Å². The Kier molecular flexibility index (Phi) is 4.83. The molecule has 2 N–H and O–H groups in total. The average molecular weight is 342 g/mol. The minimum absolute atomic E-state index is 0.233. The maximum atomic E-state index is 12.6. The van der Waals surface area contributed by atoms with Crippen LogP contribution in [-0.2, 0) is 4.79 Å². The largest absolute Gasteiger partial charge is 0.481 e. The number of rotatable bonds is 4. The van der Waals surface area contributed by atoms with Crippen molar-refractivity contribution < 1.29 is 14.7 Å². The quantitative estimate of drug-likeness (QED) is 0.888. The molecule has 1 aliphatic rings. The van der Waals surface area contributed by atoms with Crippen LogP contribution in [0.15, 0.2) is 24.3 Å². The molecular formula is C18H22N4O3. The Hall–Kier alpha value is -2.70. The summed E-state index contributed by atoms with van der Waals surface area (Å²) in [6.07, 6.45) is 3.07. The molecule has 132 valence electrons. The molecule has 0 saturated heterocycles. The number of carboxylic acid groups (broad SMARTS) is 1. The van der Waals surface area contributed by atoms with E-state index in [2.05, 4.69) is 15.6 Å². The van der Waals surface area contributed by atoms with Crippen molar-refractivity contribution in [1.29, 1.82) is 0 Å². The Morgan fingerprint density at radius 2 is 2.00 bits per heavy atom. The molecule has 7 nitrogen and oxygen atoms in total. The molecule has 1 saturated carbocycles.